The fourth-order valence-corrected chi connectivity index (χ4v) is 5.25. The Balaban J connectivity index is 1.73. The van der Waals surface area contributed by atoms with E-state index in [1.165, 1.54) is 17.8 Å². The largest absolute Gasteiger partial charge is 0.497 e. The van der Waals surface area contributed by atoms with Crippen LogP contribution in [0.1, 0.15) is 58.9 Å². The molecule has 184 valence electrons. The maximum Gasteiger partial charge on any atom is 0.265 e. The summed E-state index contributed by atoms with van der Waals surface area (Å²) >= 11 is 1.38. The summed E-state index contributed by atoms with van der Waals surface area (Å²) in [5.74, 6) is 1.07. The Morgan fingerprint density at radius 2 is 1.71 bits per heavy atom. The number of hydrogen-bond donors (Lipinski definition) is 1. The minimum Gasteiger partial charge on any atom is -0.497 e. The van der Waals surface area contributed by atoms with Crippen LogP contribution >= 0.6 is 11.3 Å². The number of carbonyl (C=O) groups excluding carboxylic acids is 2. The number of methoxy groups -OCH3 is 2. The molecule has 0 unspecified atom stereocenters. The van der Waals surface area contributed by atoms with Crippen molar-refractivity contribution in [3.05, 3.63) is 82.0 Å². The Morgan fingerprint density at radius 3 is 2.37 bits per heavy atom. The highest BCUT2D eigenvalue weighted by atomic mass is 32.1. The van der Waals surface area contributed by atoms with Gasteiger partial charge < -0.3 is 19.7 Å². The minimum absolute atomic E-state index is 0.132. The van der Waals surface area contributed by atoms with Gasteiger partial charge in [-0.3, -0.25) is 9.59 Å². The summed E-state index contributed by atoms with van der Waals surface area (Å²) in [6, 6.07) is 18.0. The lowest BCUT2D eigenvalue weighted by Crippen LogP contribution is -2.46. The number of nitrogens with one attached hydrogen (secondary N) is 1. The lowest BCUT2D eigenvalue weighted by molar-refractivity contribution is -0.127. The molecule has 35 heavy (non-hydrogen) atoms. The number of rotatable bonds is 9. The SMILES string of the molecule is COc1ccc([C@H](C(=O)NC2CCCCC2)N(Cc2cccc(OC)c2)C(=O)c2cccs2)cc1. The molecule has 1 aromatic heterocycles. The minimum atomic E-state index is -0.788. The quantitative estimate of drug-likeness (QED) is 0.422. The average Bonchev–Trinajstić information content (AvgIpc) is 3.44. The molecule has 0 radical (unpaired) electrons. The van der Waals surface area contributed by atoms with Gasteiger partial charge in [-0.25, -0.2) is 0 Å². The highest BCUT2D eigenvalue weighted by Crippen LogP contribution is 2.30. The van der Waals surface area contributed by atoms with Crippen molar-refractivity contribution < 1.29 is 19.1 Å². The molecule has 2 amide bonds. The van der Waals surface area contributed by atoms with Gasteiger partial charge in [-0.15, -0.1) is 11.3 Å². The summed E-state index contributed by atoms with van der Waals surface area (Å²) in [4.78, 5) is 29.9. The van der Waals surface area contributed by atoms with E-state index in [-0.39, 0.29) is 24.4 Å². The van der Waals surface area contributed by atoms with Crippen LogP contribution in [0.4, 0.5) is 0 Å². The van der Waals surface area contributed by atoms with Crippen LogP contribution in [0.3, 0.4) is 0 Å². The second kappa shape index (κ2) is 11.9. The maximum atomic E-state index is 13.8. The van der Waals surface area contributed by atoms with Crippen molar-refractivity contribution in [2.75, 3.05) is 14.2 Å². The second-order valence-corrected chi connectivity index (χ2v) is 9.73. The average molecular weight is 493 g/mol. The molecular formula is C28H32N2O4S. The number of carbonyl (C=O) groups is 2. The lowest BCUT2D eigenvalue weighted by Gasteiger charge is -2.33. The van der Waals surface area contributed by atoms with Crippen LogP contribution in [0.5, 0.6) is 11.5 Å². The summed E-state index contributed by atoms with van der Waals surface area (Å²) in [5.41, 5.74) is 1.63. The molecule has 1 aliphatic carbocycles. The van der Waals surface area contributed by atoms with Gasteiger partial charge in [0, 0.05) is 12.6 Å². The molecule has 0 bridgehead atoms. The van der Waals surface area contributed by atoms with Crippen LogP contribution in [-0.4, -0.2) is 37.0 Å². The van der Waals surface area contributed by atoms with E-state index in [9.17, 15) is 9.59 Å². The first kappa shape index (κ1) is 24.8. The highest BCUT2D eigenvalue weighted by Gasteiger charge is 2.34. The molecule has 2 aromatic carbocycles. The van der Waals surface area contributed by atoms with Crippen molar-refractivity contribution in [2.24, 2.45) is 0 Å². The van der Waals surface area contributed by atoms with Crippen molar-refractivity contribution in [3.8, 4) is 11.5 Å². The van der Waals surface area contributed by atoms with Crippen molar-refractivity contribution in [2.45, 2.75) is 50.7 Å². The fourth-order valence-electron chi connectivity index (χ4n) is 4.58. The first-order chi connectivity index (χ1) is 17.1. The van der Waals surface area contributed by atoms with E-state index in [0.717, 1.165) is 36.8 Å². The van der Waals surface area contributed by atoms with Gasteiger partial charge in [0.15, 0.2) is 0 Å². The first-order valence-corrected chi connectivity index (χ1v) is 12.9. The molecule has 1 N–H and O–H groups in total. The van der Waals surface area contributed by atoms with Gasteiger partial charge in [0.1, 0.15) is 17.5 Å². The van der Waals surface area contributed by atoms with Gasteiger partial charge in [0.2, 0.25) is 5.91 Å². The first-order valence-electron chi connectivity index (χ1n) is 12.0. The molecular weight excluding hydrogens is 460 g/mol. The molecule has 1 aliphatic rings. The standard InChI is InChI=1S/C28H32N2O4S/c1-33-23-15-13-21(14-16-23)26(27(31)29-22-9-4-3-5-10-22)30(28(32)25-12-7-17-35-25)19-20-8-6-11-24(18-20)34-2/h6-8,11-18,22,26H,3-5,9-10,19H2,1-2H3,(H,29,31)/t26-/m1/s1. The normalized spacial score (nSPS) is 14.7. The predicted molar refractivity (Wildman–Crippen MR) is 138 cm³/mol. The van der Waals surface area contributed by atoms with Crippen LogP contribution in [0.2, 0.25) is 0 Å². The van der Waals surface area contributed by atoms with Crippen LogP contribution in [0.15, 0.2) is 66.0 Å². The number of benzene rings is 2. The van der Waals surface area contributed by atoms with E-state index in [1.807, 2.05) is 60.0 Å². The monoisotopic (exact) mass is 492 g/mol. The molecule has 0 saturated heterocycles. The molecule has 1 saturated carbocycles. The third kappa shape index (κ3) is 6.22. The summed E-state index contributed by atoms with van der Waals surface area (Å²) in [5, 5.41) is 5.13. The van der Waals surface area contributed by atoms with Gasteiger partial charge in [-0.05, 0) is 59.7 Å². The maximum absolute atomic E-state index is 13.8. The van der Waals surface area contributed by atoms with E-state index in [4.69, 9.17) is 9.47 Å². The van der Waals surface area contributed by atoms with E-state index in [2.05, 4.69) is 5.32 Å². The third-order valence-electron chi connectivity index (χ3n) is 6.42. The van der Waals surface area contributed by atoms with Gasteiger partial charge in [0.25, 0.3) is 5.91 Å². The Bertz CT molecular complexity index is 1110. The third-order valence-corrected chi connectivity index (χ3v) is 7.28. The van der Waals surface area contributed by atoms with E-state index >= 15 is 0 Å². The van der Waals surface area contributed by atoms with Crippen LogP contribution in [0, 0.1) is 0 Å². The summed E-state index contributed by atoms with van der Waals surface area (Å²) < 4.78 is 10.7. The predicted octanol–water partition coefficient (Wildman–Crippen LogP) is 5.60. The van der Waals surface area contributed by atoms with Crippen molar-refractivity contribution in [1.82, 2.24) is 10.2 Å². The topological polar surface area (TPSA) is 67.9 Å². The number of nitrogens with zero attached hydrogens (tertiary/aromatic N) is 1. The Morgan fingerprint density at radius 1 is 0.971 bits per heavy atom. The number of hydrogen-bond acceptors (Lipinski definition) is 5. The van der Waals surface area contributed by atoms with Crippen molar-refractivity contribution in [1.29, 1.82) is 0 Å². The van der Waals surface area contributed by atoms with Gasteiger partial charge in [0.05, 0.1) is 19.1 Å². The molecule has 0 spiro atoms. The summed E-state index contributed by atoms with van der Waals surface area (Å²) in [6.07, 6.45) is 5.36. The molecule has 3 aromatic rings. The molecule has 1 heterocycles. The van der Waals surface area contributed by atoms with Gasteiger partial charge in [-0.2, -0.15) is 0 Å². The van der Waals surface area contributed by atoms with Crippen molar-refractivity contribution >= 4 is 23.2 Å². The van der Waals surface area contributed by atoms with E-state index in [0.29, 0.717) is 16.4 Å². The highest BCUT2D eigenvalue weighted by molar-refractivity contribution is 7.12. The Hall–Kier alpha value is -3.32. The summed E-state index contributed by atoms with van der Waals surface area (Å²) in [6.45, 7) is 0.267. The van der Waals surface area contributed by atoms with Gasteiger partial charge in [-0.1, -0.05) is 49.6 Å². The zero-order valence-electron chi connectivity index (χ0n) is 20.2. The second-order valence-electron chi connectivity index (χ2n) is 8.78. The Kier molecular flexibility index (Phi) is 8.42. The lowest BCUT2D eigenvalue weighted by atomic mass is 9.94. The molecule has 7 heteroatoms. The van der Waals surface area contributed by atoms with Crippen molar-refractivity contribution in [3.63, 3.8) is 0 Å². The van der Waals surface area contributed by atoms with Crippen LogP contribution in [0.25, 0.3) is 0 Å². The van der Waals surface area contributed by atoms with E-state index in [1.54, 1.807) is 25.2 Å². The number of amides is 2. The van der Waals surface area contributed by atoms with Gasteiger partial charge >= 0.3 is 0 Å². The van der Waals surface area contributed by atoms with Crippen LogP contribution in [-0.2, 0) is 11.3 Å². The Labute approximate surface area is 210 Å². The zero-order valence-corrected chi connectivity index (χ0v) is 21.1. The smallest absolute Gasteiger partial charge is 0.265 e. The van der Waals surface area contributed by atoms with Crippen LogP contribution < -0.4 is 14.8 Å². The molecule has 1 atom stereocenters. The molecule has 1 fully saturated rings. The molecule has 6 nitrogen and oxygen atoms in total. The summed E-state index contributed by atoms with van der Waals surface area (Å²) in [7, 11) is 3.23. The van der Waals surface area contributed by atoms with E-state index < -0.39 is 6.04 Å². The number of ether oxygens (including phenoxy) is 2. The fraction of sp³-hybridized carbons (Fsp3) is 0.357. The molecule has 4 rings (SSSR count). The zero-order chi connectivity index (χ0) is 24.6. The number of thiophene rings is 1. The molecule has 0 aliphatic heterocycles.